The number of carbonyl (C=O) groups is 1. The summed E-state index contributed by atoms with van der Waals surface area (Å²) in [5.41, 5.74) is -2.51. The number of alkyl halides is 3. The zero-order valence-corrected chi connectivity index (χ0v) is 9.81. The number of rotatable bonds is 1. The van der Waals surface area contributed by atoms with Crippen LogP contribution in [0.2, 0.25) is 0 Å². The summed E-state index contributed by atoms with van der Waals surface area (Å²) in [5, 5.41) is 8.58. The van der Waals surface area contributed by atoms with E-state index in [-0.39, 0.29) is 4.73 Å². The summed E-state index contributed by atoms with van der Waals surface area (Å²) < 4.78 is 36.4. The number of carboxylic acids is 1. The Kier molecular flexibility index (Phi) is 3.34. The first-order valence-corrected chi connectivity index (χ1v) is 4.85. The maximum Gasteiger partial charge on any atom is 0.434 e. The molecule has 0 bridgehead atoms. The Morgan fingerprint density at radius 1 is 1.27 bits per heavy atom. The summed E-state index contributed by atoms with van der Waals surface area (Å²) in [6, 6.07) is 0. The van der Waals surface area contributed by atoms with E-state index in [1.54, 1.807) is 0 Å². The Morgan fingerprint density at radius 2 is 1.80 bits per heavy atom. The molecule has 1 N–H and O–H groups in total. The van der Waals surface area contributed by atoms with Gasteiger partial charge < -0.3 is 5.11 Å². The van der Waals surface area contributed by atoms with E-state index in [0.29, 0.717) is 0 Å². The largest absolute Gasteiger partial charge is 0.478 e. The van der Waals surface area contributed by atoms with Crippen LogP contribution >= 0.6 is 31.9 Å². The van der Waals surface area contributed by atoms with Crippen LogP contribution in [0.5, 0.6) is 0 Å². The predicted octanol–water partition coefficient (Wildman–Crippen LogP) is 2.72. The molecule has 0 aromatic carbocycles. The highest BCUT2D eigenvalue weighted by atomic mass is 79.9. The van der Waals surface area contributed by atoms with Crippen molar-refractivity contribution in [3.63, 3.8) is 0 Å². The first-order chi connectivity index (χ1) is 6.73. The van der Waals surface area contributed by atoms with Crippen LogP contribution in [-0.4, -0.2) is 21.0 Å². The molecule has 1 rings (SSSR count). The number of hydrogen-bond acceptors (Lipinski definition) is 3. The number of aromatic carboxylic acids is 1. The van der Waals surface area contributed by atoms with Crippen molar-refractivity contribution < 1.29 is 23.1 Å². The van der Waals surface area contributed by atoms with Crippen molar-refractivity contribution in [1.82, 2.24) is 9.97 Å². The van der Waals surface area contributed by atoms with Crippen LogP contribution in [-0.2, 0) is 6.18 Å². The molecule has 82 valence electrons. The third-order valence-corrected chi connectivity index (χ3v) is 2.25. The monoisotopic (exact) mass is 348 g/mol. The van der Waals surface area contributed by atoms with E-state index in [9.17, 15) is 18.0 Å². The Morgan fingerprint density at radius 3 is 2.20 bits per heavy atom. The van der Waals surface area contributed by atoms with Gasteiger partial charge in [0.05, 0.1) is 0 Å². The lowest BCUT2D eigenvalue weighted by atomic mass is 10.2. The topological polar surface area (TPSA) is 63.1 Å². The van der Waals surface area contributed by atoms with Crippen LogP contribution in [0.15, 0.2) is 9.34 Å². The molecular weight excluding hydrogens is 349 g/mol. The number of carboxylic acid groups (broad SMARTS) is 1. The van der Waals surface area contributed by atoms with Gasteiger partial charge in [0.2, 0.25) is 0 Å². The molecule has 9 heteroatoms. The van der Waals surface area contributed by atoms with Gasteiger partial charge in [0.25, 0.3) is 0 Å². The van der Waals surface area contributed by atoms with Gasteiger partial charge in [-0.15, -0.1) is 0 Å². The molecule has 0 aliphatic carbocycles. The van der Waals surface area contributed by atoms with Crippen LogP contribution in [0.25, 0.3) is 0 Å². The number of nitrogens with zero attached hydrogens (tertiary/aromatic N) is 2. The fourth-order valence-corrected chi connectivity index (χ4v) is 1.92. The van der Waals surface area contributed by atoms with Crippen molar-refractivity contribution in [2.24, 2.45) is 0 Å². The molecule has 1 aromatic rings. The van der Waals surface area contributed by atoms with E-state index >= 15 is 0 Å². The first-order valence-electron chi connectivity index (χ1n) is 3.27. The van der Waals surface area contributed by atoms with E-state index in [2.05, 4.69) is 41.8 Å². The molecule has 0 atom stereocenters. The van der Waals surface area contributed by atoms with Gasteiger partial charge >= 0.3 is 12.1 Å². The molecule has 0 spiro atoms. The highest BCUT2D eigenvalue weighted by molar-refractivity contribution is 9.11. The van der Waals surface area contributed by atoms with Crippen LogP contribution in [0.4, 0.5) is 13.2 Å². The normalized spacial score (nSPS) is 11.5. The lowest BCUT2D eigenvalue weighted by Crippen LogP contribution is -2.17. The first kappa shape index (κ1) is 12.4. The third kappa shape index (κ3) is 2.65. The maximum absolute atomic E-state index is 12.4. The summed E-state index contributed by atoms with van der Waals surface area (Å²) in [4.78, 5) is 17.0. The van der Waals surface area contributed by atoms with Gasteiger partial charge in [-0.2, -0.15) is 13.2 Å². The van der Waals surface area contributed by atoms with Crippen molar-refractivity contribution in [1.29, 1.82) is 0 Å². The average Bonchev–Trinajstić information content (AvgIpc) is 1.99. The van der Waals surface area contributed by atoms with E-state index in [0.717, 1.165) is 0 Å². The molecule has 0 saturated heterocycles. The van der Waals surface area contributed by atoms with E-state index in [4.69, 9.17) is 5.11 Å². The lowest BCUT2D eigenvalue weighted by Gasteiger charge is -2.09. The Bertz CT molecular complexity index is 422. The third-order valence-electron chi connectivity index (χ3n) is 1.32. The molecule has 0 aliphatic rings. The summed E-state index contributed by atoms with van der Waals surface area (Å²) in [6.45, 7) is 0. The van der Waals surface area contributed by atoms with E-state index in [1.165, 1.54) is 0 Å². The molecule has 1 heterocycles. The second kappa shape index (κ2) is 4.05. The lowest BCUT2D eigenvalue weighted by molar-refractivity contribution is -0.142. The van der Waals surface area contributed by atoms with Crippen LogP contribution in [0.3, 0.4) is 0 Å². The summed E-state index contributed by atoms with van der Waals surface area (Å²) >= 11 is 5.27. The molecule has 0 aliphatic heterocycles. The smallest absolute Gasteiger partial charge is 0.434 e. The Balaban J connectivity index is 3.54. The van der Waals surface area contributed by atoms with Gasteiger partial charge in [0.15, 0.2) is 10.4 Å². The second-order valence-corrected chi connectivity index (χ2v) is 3.77. The summed E-state index contributed by atoms with van der Waals surface area (Å²) in [5.74, 6) is -1.75. The molecule has 15 heavy (non-hydrogen) atoms. The van der Waals surface area contributed by atoms with Gasteiger partial charge in [0, 0.05) is 0 Å². The Labute approximate surface area is 97.8 Å². The molecule has 0 unspecified atom stereocenters. The van der Waals surface area contributed by atoms with Crippen LogP contribution in [0.1, 0.15) is 16.1 Å². The fourth-order valence-electron chi connectivity index (χ4n) is 0.802. The summed E-state index contributed by atoms with van der Waals surface area (Å²) in [7, 11) is 0. The van der Waals surface area contributed by atoms with Gasteiger partial charge in [-0.25, -0.2) is 14.8 Å². The highest BCUT2D eigenvalue weighted by Gasteiger charge is 2.39. The predicted molar refractivity (Wildman–Crippen MR) is 49.4 cm³/mol. The molecule has 0 radical (unpaired) electrons. The zero-order chi connectivity index (χ0) is 11.8. The van der Waals surface area contributed by atoms with Gasteiger partial charge in [0.1, 0.15) is 10.2 Å². The van der Waals surface area contributed by atoms with Gasteiger partial charge in [-0.3, -0.25) is 0 Å². The molecule has 4 nitrogen and oxygen atoms in total. The van der Waals surface area contributed by atoms with Crippen molar-refractivity contribution >= 4 is 37.8 Å². The van der Waals surface area contributed by atoms with Crippen LogP contribution in [0, 0.1) is 0 Å². The SMILES string of the molecule is O=C(O)c1c(Br)nc(Br)nc1C(F)(F)F. The van der Waals surface area contributed by atoms with E-state index < -0.39 is 28.0 Å². The maximum atomic E-state index is 12.4. The number of aromatic nitrogens is 2. The second-order valence-electron chi connectivity index (χ2n) is 2.31. The highest BCUT2D eigenvalue weighted by Crippen LogP contribution is 2.33. The molecule has 1 aromatic heterocycles. The van der Waals surface area contributed by atoms with Gasteiger partial charge in [-0.05, 0) is 31.9 Å². The van der Waals surface area contributed by atoms with Crippen LogP contribution < -0.4 is 0 Å². The Hall–Kier alpha value is -0.700. The van der Waals surface area contributed by atoms with Crippen molar-refractivity contribution in [3.8, 4) is 0 Å². The minimum atomic E-state index is -4.85. The van der Waals surface area contributed by atoms with Crippen molar-refractivity contribution in [3.05, 3.63) is 20.6 Å². The molecule has 0 fully saturated rings. The standard InChI is InChI=1S/C6HBr2F3N2O2/c7-3-1(4(14)15)2(6(9,10)11)12-5(8)13-3/h(H,14,15). The summed E-state index contributed by atoms with van der Waals surface area (Å²) in [6.07, 6.45) is -4.85. The van der Waals surface area contributed by atoms with Crippen molar-refractivity contribution in [2.45, 2.75) is 6.18 Å². The zero-order valence-electron chi connectivity index (χ0n) is 6.64. The fraction of sp³-hybridized carbons (Fsp3) is 0.167. The molecule has 0 saturated carbocycles. The molecular formula is C6HBr2F3N2O2. The minimum absolute atomic E-state index is 0.341. The van der Waals surface area contributed by atoms with Crippen molar-refractivity contribution in [2.75, 3.05) is 0 Å². The quantitative estimate of drug-likeness (QED) is 0.625. The van der Waals surface area contributed by atoms with Gasteiger partial charge in [-0.1, -0.05) is 0 Å². The number of halogens is 5. The minimum Gasteiger partial charge on any atom is -0.478 e. The molecule has 0 amide bonds. The van der Waals surface area contributed by atoms with E-state index in [1.807, 2.05) is 0 Å². The number of hydrogen-bond donors (Lipinski definition) is 1. The average molecular weight is 350 g/mol.